The van der Waals surface area contributed by atoms with Gasteiger partial charge in [-0.25, -0.2) is 13.5 Å². The monoisotopic (exact) mass is 265 g/mol. The van der Waals surface area contributed by atoms with Gasteiger partial charge >= 0.3 is 0 Å². The summed E-state index contributed by atoms with van der Waals surface area (Å²) >= 11 is 0. The first-order valence-corrected chi connectivity index (χ1v) is 6.36. The van der Waals surface area contributed by atoms with E-state index >= 15 is 0 Å². The molecule has 0 radical (unpaired) electrons. The average molecular weight is 265 g/mol. The molecule has 0 unspecified atom stereocenters. The molecule has 0 fully saturated rings. The molecule has 0 aliphatic heterocycles. The molecule has 2 N–H and O–H groups in total. The van der Waals surface area contributed by atoms with Crippen molar-refractivity contribution in [3.05, 3.63) is 46.8 Å². The Hall–Kier alpha value is -1.75. The first-order valence-electron chi connectivity index (χ1n) is 6.36. The van der Waals surface area contributed by atoms with Gasteiger partial charge in [-0.3, -0.25) is 0 Å². The van der Waals surface area contributed by atoms with Gasteiger partial charge in [0.25, 0.3) is 0 Å². The van der Waals surface area contributed by atoms with Crippen molar-refractivity contribution in [3.63, 3.8) is 0 Å². The summed E-state index contributed by atoms with van der Waals surface area (Å²) in [6.07, 6.45) is 1.38. The van der Waals surface area contributed by atoms with E-state index in [2.05, 4.69) is 5.10 Å². The van der Waals surface area contributed by atoms with Crippen molar-refractivity contribution in [1.29, 1.82) is 0 Å². The lowest BCUT2D eigenvalue weighted by molar-refractivity contribution is 0.552. The molecule has 0 spiro atoms. The van der Waals surface area contributed by atoms with Gasteiger partial charge in [-0.15, -0.1) is 0 Å². The Balaban J connectivity index is 2.61. The fraction of sp³-hybridized carbons (Fsp3) is 0.357. The highest BCUT2D eigenvalue weighted by molar-refractivity contribution is 5.39. The number of halogens is 2. The SMILES string of the molecule is CCc1cc(CC)n(-c2c(F)cc(CN)cc2F)n1. The maximum atomic E-state index is 14.1. The predicted octanol–water partition coefficient (Wildman–Crippen LogP) is 2.73. The van der Waals surface area contributed by atoms with Crippen molar-refractivity contribution in [2.75, 3.05) is 0 Å². The van der Waals surface area contributed by atoms with E-state index in [1.165, 1.54) is 16.8 Å². The largest absolute Gasteiger partial charge is 0.326 e. The summed E-state index contributed by atoms with van der Waals surface area (Å²) in [4.78, 5) is 0. The molecule has 1 heterocycles. The van der Waals surface area contributed by atoms with Gasteiger partial charge in [0.05, 0.1) is 5.69 Å². The van der Waals surface area contributed by atoms with E-state index in [4.69, 9.17) is 5.73 Å². The van der Waals surface area contributed by atoms with E-state index < -0.39 is 11.6 Å². The number of benzene rings is 1. The summed E-state index contributed by atoms with van der Waals surface area (Å²) in [6.45, 7) is 3.99. The standard InChI is InChI=1S/C14H17F2N3/c1-3-10-7-11(4-2)19(18-10)14-12(15)5-9(8-17)6-13(14)16/h5-7H,3-4,8,17H2,1-2H3. The van der Waals surface area contributed by atoms with Gasteiger partial charge in [0.1, 0.15) is 5.69 Å². The fourth-order valence-electron chi connectivity index (χ4n) is 2.03. The second-order valence-electron chi connectivity index (χ2n) is 4.36. The first-order chi connectivity index (χ1) is 9.10. The Morgan fingerprint density at radius 1 is 1.11 bits per heavy atom. The second kappa shape index (κ2) is 5.48. The van der Waals surface area contributed by atoms with Gasteiger partial charge < -0.3 is 5.73 Å². The highest BCUT2D eigenvalue weighted by atomic mass is 19.1. The molecule has 1 aromatic heterocycles. The zero-order chi connectivity index (χ0) is 14.0. The molecular formula is C14H17F2N3. The smallest absolute Gasteiger partial charge is 0.152 e. The third-order valence-corrected chi connectivity index (χ3v) is 3.08. The van der Waals surface area contributed by atoms with Gasteiger partial charge in [-0.05, 0) is 36.6 Å². The Kier molecular flexibility index (Phi) is 3.95. The number of aryl methyl sites for hydroxylation is 2. The van der Waals surface area contributed by atoms with Crippen LogP contribution < -0.4 is 5.73 Å². The number of aromatic nitrogens is 2. The highest BCUT2D eigenvalue weighted by Gasteiger charge is 2.17. The maximum Gasteiger partial charge on any atom is 0.152 e. The first kappa shape index (κ1) is 13.7. The normalized spacial score (nSPS) is 11.0. The number of nitrogens with zero attached hydrogens (tertiary/aromatic N) is 2. The van der Waals surface area contributed by atoms with Crippen LogP contribution in [0.15, 0.2) is 18.2 Å². The molecule has 0 bridgehead atoms. The summed E-state index contributed by atoms with van der Waals surface area (Å²) in [6, 6.07) is 4.38. The minimum absolute atomic E-state index is 0.105. The summed E-state index contributed by atoms with van der Waals surface area (Å²) in [7, 11) is 0. The maximum absolute atomic E-state index is 14.1. The van der Waals surface area contributed by atoms with Crippen LogP contribution in [0.4, 0.5) is 8.78 Å². The number of hydrogen-bond acceptors (Lipinski definition) is 2. The van der Waals surface area contributed by atoms with Crippen LogP contribution in [0.3, 0.4) is 0 Å². The molecule has 5 heteroatoms. The van der Waals surface area contributed by atoms with Gasteiger partial charge in [0, 0.05) is 12.2 Å². The summed E-state index contributed by atoms with van der Waals surface area (Å²) in [5.74, 6) is -1.28. The van der Waals surface area contributed by atoms with Crippen LogP contribution >= 0.6 is 0 Å². The van der Waals surface area contributed by atoms with Crippen LogP contribution in [0, 0.1) is 11.6 Å². The van der Waals surface area contributed by atoms with Crippen LogP contribution in [0.5, 0.6) is 0 Å². The number of rotatable bonds is 4. The minimum atomic E-state index is -0.638. The molecule has 1 aromatic carbocycles. The Labute approximate surface area is 111 Å². The number of nitrogens with two attached hydrogens (primary N) is 1. The van der Waals surface area contributed by atoms with Crippen molar-refractivity contribution in [1.82, 2.24) is 9.78 Å². The van der Waals surface area contributed by atoms with Gasteiger partial charge in [0.2, 0.25) is 0 Å². The summed E-state index contributed by atoms with van der Waals surface area (Å²) in [5.41, 5.74) is 7.31. The van der Waals surface area contributed by atoms with Crippen LogP contribution in [0.25, 0.3) is 5.69 Å². The van der Waals surface area contributed by atoms with Crippen molar-refractivity contribution >= 4 is 0 Å². The van der Waals surface area contributed by atoms with E-state index in [1.807, 2.05) is 19.9 Å². The third-order valence-electron chi connectivity index (χ3n) is 3.08. The van der Waals surface area contributed by atoms with Crippen LogP contribution in [-0.2, 0) is 19.4 Å². The Bertz CT molecular complexity index is 567. The van der Waals surface area contributed by atoms with Crippen molar-refractivity contribution in [2.24, 2.45) is 5.73 Å². The van der Waals surface area contributed by atoms with Crippen molar-refractivity contribution in [3.8, 4) is 5.69 Å². The number of hydrogen-bond donors (Lipinski definition) is 1. The summed E-state index contributed by atoms with van der Waals surface area (Å²) < 4.78 is 29.5. The van der Waals surface area contributed by atoms with Gasteiger partial charge in [-0.2, -0.15) is 5.10 Å². The Morgan fingerprint density at radius 3 is 2.21 bits per heavy atom. The zero-order valence-electron chi connectivity index (χ0n) is 11.1. The molecule has 19 heavy (non-hydrogen) atoms. The molecule has 0 amide bonds. The molecule has 0 saturated carbocycles. The molecule has 2 aromatic rings. The van der Waals surface area contributed by atoms with E-state index in [0.717, 1.165) is 17.8 Å². The molecular weight excluding hydrogens is 248 g/mol. The predicted molar refractivity (Wildman–Crippen MR) is 70.1 cm³/mol. The van der Waals surface area contributed by atoms with E-state index in [1.54, 1.807) is 0 Å². The zero-order valence-corrected chi connectivity index (χ0v) is 11.1. The van der Waals surface area contributed by atoms with Gasteiger partial charge in [0.15, 0.2) is 11.6 Å². The van der Waals surface area contributed by atoms with E-state index in [9.17, 15) is 8.78 Å². The van der Waals surface area contributed by atoms with Crippen LogP contribution in [0.1, 0.15) is 30.8 Å². The lowest BCUT2D eigenvalue weighted by Crippen LogP contribution is -2.09. The van der Waals surface area contributed by atoms with Crippen molar-refractivity contribution in [2.45, 2.75) is 33.2 Å². The van der Waals surface area contributed by atoms with Crippen LogP contribution in [0.2, 0.25) is 0 Å². The molecule has 102 valence electrons. The molecule has 0 saturated heterocycles. The van der Waals surface area contributed by atoms with Gasteiger partial charge in [-0.1, -0.05) is 13.8 Å². The average Bonchev–Trinajstić information content (AvgIpc) is 2.81. The van der Waals surface area contributed by atoms with Crippen LogP contribution in [-0.4, -0.2) is 9.78 Å². The van der Waals surface area contributed by atoms with E-state index in [-0.39, 0.29) is 12.2 Å². The lowest BCUT2D eigenvalue weighted by atomic mass is 10.2. The molecule has 2 rings (SSSR count). The summed E-state index contributed by atoms with van der Waals surface area (Å²) in [5, 5.41) is 4.25. The highest BCUT2D eigenvalue weighted by Crippen LogP contribution is 2.22. The molecule has 0 aliphatic rings. The minimum Gasteiger partial charge on any atom is -0.326 e. The lowest BCUT2D eigenvalue weighted by Gasteiger charge is -2.10. The molecule has 0 atom stereocenters. The molecule has 0 aliphatic carbocycles. The fourth-order valence-corrected chi connectivity index (χ4v) is 2.03. The van der Waals surface area contributed by atoms with E-state index in [0.29, 0.717) is 12.0 Å². The quantitative estimate of drug-likeness (QED) is 0.923. The third kappa shape index (κ3) is 2.51. The molecule has 3 nitrogen and oxygen atoms in total. The topological polar surface area (TPSA) is 43.8 Å². The Morgan fingerprint density at radius 2 is 1.74 bits per heavy atom. The van der Waals surface area contributed by atoms with Crippen molar-refractivity contribution < 1.29 is 8.78 Å². The second-order valence-corrected chi connectivity index (χ2v) is 4.36.